The lowest BCUT2D eigenvalue weighted by Crippen LogP contribution is -2.45. The summed E-state index contributed by atoms with van der Waals surface area (Å²) in [6.45, 7) is 5.48. The molecule has 2 aliphatic heterocycles. The number of para-hydroxylation sites is 1. The fourth-order valence-corrected chi connectivity index (χ4v) is 3.40. The highest BCUT2D eigenvalue weighted by Crippen LogP contribution is 2.34. The molecule has 0 aliphatic carbocycles. The summed E-state index contributed by atoms with van der Waals surface area (Å²) in [5.41, 5.74) is 3.40. The van der Waals surface area contributed by atoms with Crippen LogP contribution >= 0.6 is 0 Å². The topological polar surface area (TPSA) is 34.6 Å². The zero-order valence-corrected chi connectivity index (χ0v) is 12.3. The molecule has 0 bridgehead atoms. The van der Waals surface area contributed by atoms with Gasteiger partial charge in [-0.2, -0.15) is 0 Å². The third-order valence-corrected chi connectivity index (χ3v) is 4.57. The maximum atomic E-state index is 5.80. The van der Waals surface area contributed by atoms with Gasteiger partial charge in [0.25, 0.3) is 0 Å². The first-order chi connectivity index (χ1) is 10.3. The summed E-state index contributed by atoms with van der Waals surface area (Å²) in [5.74, 6) is -0.311. The van der Waals surface area contributed by atoms with E-state index >= 15 is 0 Å². The van der Waals surface area contributed by atoms with Crippen LogP contribution in [0.25, 0.3) is 10.9 Å². The number of hydrogen-bond donors (Lipinski definition) is 0. The van der Waals surface area contributed by atoms with Crippen LogP contribution in [0.3, 0.4) is 0 Å². The summed E-state index contributed by atoms with van der Waals surface area (Å²) in [4.78, 5) is 7.14. The van der Waals surface area contributed by atoms with Gasteiger partial charge in [0.15, 0.2) is 5.79 Å². The van der Waals surface area contributed by atoms with E-state index in [1.807, 2.05) is 6.07 Å². The van der Waals surface area contributed by atoms with Crippen molar-refractivity contribution < 1.29 is 9.47 Å². The third kappa shape index (κ3) is 2.28. The largest absolute Gasteiger partial charge is 0.370 e. The number of nitrogens with zero attached hydrogens (tertiary/aromatic N) is 2. The number of anilines is 1. The number of benzene rings is 1. The first kappa shape index (κ1) is 13.0. The van der Waals surface area contributed by atoms with E-state index in [4.69, 9.17) is 14.5 Å². The van der Waals surface area contributed by atoms with Gasteiger partial charge in [0.1, 0.15) is 0 Å². The molecule has 1 aromatic heterocycles. The van der Waals surface area contributed by atoms with Crippen LogP contribution in [-0.2, 0) is 9.47 Å². The molecule has 1 aromatic carbocycles. The van der Waals surface area contributed by atoms with Crippen molar-refractivity contribution in [2.45, 2.75) is 25.6 Å². The second-order valence-corrected chi connectivity index (χ2v) is 5.88. The molecule has 0 amide bonds. The number of piperidine rings is 1. The monoisotopic (exact) mass is 284 g/mol. The average molecular weight is 284 g/mol. The van der Waals surface area contributed by atoms with E-state index in [0.717, 1.165) is 50.4 Å². The Morgan fingerprint density at radius 2 is 1.81 bits per heavy atom. The van der Waals surface area contributed by atoms with E-state index in [0.29, 0.717) is 0 Å². The minimum atomic E-state index is -0.311. The van der Waals surface area contributed by atoms with Crippen LogP contribution in [0.15, 0.2) is 30.3 Å². The quantitative estimate of drug-likeness (QED) is 0.806. The molecule has 0 unspecified atom stereocenters. The lowest BCUT2D eigenvalue weighted by Gasteiger charge is -2.39. The normalized spacial score (nSPS) is 21.3. The van der Waals surface area contributed by atoms with E-state index in [1.54, 1.807) is 0 Å². The maximum absolute atomic E-state index is 5.80. The third-order valence-electron chi connectivity index (χ3n) is 4.57. The molecule has 2 fully saturated rings. The average Bonchev–Trinajstić information content (AvgIpc) is 2.96. The van der Waals surface area contributed by atoms with Crippen LogP contribution in [0.4, 0.5) is 5.69 Å². The Morgan fingerprint density at radius 3 is 2.57 bits per heavy atom. The Kier molecular flexibility index (Phi) is 3.08. The highest BCUT2D eigenvalue weighted by molar-refractivity contribution is 5.82. The second-order valence-electron chi connectivity index (χ2n) is 5.88. The summed E-state index contributed by atoms with van der Waals surface area (Å²) >= 11 is 0. The van der Waals surface area contributed by atoms with Crippen molar-refractivity contribution in [3.05, 3.63) is 36.0 Å². The second kappa shape index (κ2) is 4.97. The molecule has 4 rings (SSSR count). The molecular weight excluding hydrogens is 264 g/mol. The number of ether oxygens (including phenoxy) is 2. The predicted octanol–water partition coefficient (Wildman–Crippen LogP) is 2.89. The highest BCUT2D eigenvalue weighted by atomic mass is 16.7. The van der Waals surface area contributed by atoms with Gasteiger partial charge in [0.05, 0.1) is 30.1 Å². The van der Waals surface area contributed by atoms with E-state index in [1.165, 1.54) is 11.1 Å². The smallest absolute Gasteiger partial charge is 0.171 e. The molecule has 0 atom stereocenters. The van der Waals surface area contributed by atoms with Crippen molar-refractivity contribution in [1.82, 2.24) is 4.98 Å². The fraction of sp³-hybridized carbons (Fsp3) is 0.471. The SMILES string of the molecule is Cc1nc2ccccc2cc1N1CCC2(CC1)OCCO2. The number of aromatic nitrogens is 1. The van der Waals surface area contributed by atoms with Crippen LogP contribution < -0.4 is 4.90 Å². The van der Waals surface area contributed by atoms with Crippen LogP contribution in [0.5, 0.6) is 0 Å². The standard InChI is InChI=1S/C17H20N2O2/c1-13-16(12-14-4-2-3-5-15(14)18-13)19-8-6-17(7-9-19)20-10-11-21-17/h2-5,12H,6-11H2,1H3. The van der Waals surface area contributed by atoms with Crippen LogP contribution in [-0.4, -0.2) is 37.1 Å². The summed E-state index contributed by atoms with van der Waals surface area (Å²) in [6.07, 6.45) is 1.86. The number of aryl methyl sites for hydroxylation is 1. The molecule has 1 spiro atoms. The molecule has 0 N–H and O–H groups in total. The summed E-state index contributed by atoms with van der Waals surface area (Å²) < 4.78 is 11.6. The summed E-state index contributed by atoms with van der Waals surface area (Å²) in [5, 5.41) is 1.20. The van der Waals surface area contributed by atoms with Crippen molar-refractivity contribution in [2.24, 2.45) is 0 Å². The molecule has 2 aliphatic rings. The van der Waals surface area contributed by atoms with Crippen molar-refractivity contribution in [3.8, 4) is 0 Å². The van der Waals surface area contributed by atoms with Crippen molar-refractivity contribution in [2.75, 3.05) is 31.2 Å². The molecule has 2 aromatic rings. The molecule has 21 heavy (non-hydrogen) atoms. The first-order valence-electron chi connectivity index (χ1n) is 7.65. The highest BCUT2D eigenvalue weighted by Gasteiger charge is 2.40. The number of pyridine rings is 1. The molecule has 4 nitrogen and oxygen atoms in total. The van der Waals surface area contributed by atoms with Gasteiger partial charge < -0.3 is 14.4 Å². The van der Waals surface area contributed by atoms with Gasteiger partial charge in [0.2, 0.25) is 0 Å². The lowest BCUT2D eigenvalue weighted by molar-refractivity contribution is -0.169. The molecular formula is C17H20N2O2. The van der Waals surface area contributed by atoms with Gasteiger partial charge in [-0.05, 0) is 19.1 Å². The minimum absolute atomic E-state index is 0.311. The van der Waals surface area contributed by atoms with E-state index in [-0.39, 0.29) is 5.79 Å². The lowest BCUT2D eigenvalue weighted by atomic mass is 10.0. The zero-order chi connectivity index (χ0) is 14.3. The van der Waals surface area contributed by atoms with Crippen LogP contribution in [0, 0.1) is 6.92 Å². The van der Waals surface area contributed by atoms with E-state index < -0.39 is 0 Å². The summed E-state index contributed by atoms with van der Waals surface area (Å²) in [6, 6.07) is 10.5. The van der Waals surface area contributed by atoms with Gasteiger partial charge in [-0.3, -0.25) is 4.98 Å². The maximum Gasteiger partial charge on any atom is 0.171 e. The Hall–Kier alpha value is -1.65. The molecule has 4 heteroatoms. The van der Waals surface area contributed by atoms with Gasteiger partial charge in [0, 0.05) is 31.3 Å². The van der Waals surface area contributed by atoms with Crippen LogP contribution in [0.1, 0.15) is 18.5 Å². The van der Waals surface area contributed by atoms with Crippen molar-refractivity contribution in [1.29, 1.82) is 0 Å². The van der Waals surface area contributed by atoms with Gasteiger partial charge in [-0.1, -0.05) is 18.2 Å². The molecule has 3 heterocycles. The molecule has 2 saturated heterocycles. The molecule has 110 valence electrons. The zero-order valence-electron chi connectivity index (χ0n) is 12.3. The van der Waals surface area contributed by atoms with E-state index in [9.17, 15) is 0 Å². The predicted molar refractivity (Wildman–Crippen MR) is 82.6 cm³/mol. The molecule has 0 radical (unpaired) electrons. The van der Waals surface area contributed by atoms with Gasteiger partial charge in [-0.15, -0.1) is 0 Å². The Bertz CT molecular complexity index is 655. The Labute approximate surface area is 124 Å². The van der Waals surface area contributed by atoms with E-state index in [2.05, 4.69) is 36.1 Å². The molecule has 0 saturated carbocycles. The van der Waals surface area contributed by atoms with Crippen molar-refractivity contribution in [3.63, 3.8) is 0 Å². The number of fused-ring (bicyclic) bond motifs is 1. The van der Waals surface area contributed by atoms with Crippen LogP contribution in [0.2, 0.25) is 0 Å². The Morgan fingerprint density at radius 1 is 1.10 bits per heavy atom. The van der Waals surface area contributed by atoms with Gasteiger partial charge >= 0.3 is 0 Å². The van der Waals surface area contributed by atoms with Gasteiger partial charge in [-0.25, -0.2) is 0 Å². The Balaban J connectivity index is 1.60. The number of hydrogen-bond acceptors (Lipinski definition) is 4. The van der Waals surface area contributed by atoms with Crippen molar-refractivity contribution >= 4 is 16.6 Å². The minimum Gasteiger partial charge on any atom is -0.370 e. The summed E-state index contributed by atoms with van der Waals surface area (Å²) in [7, 11) is 0. The first-order valence-corrected chi connectivity index (χ1v) is 7.65. The number of rotatable bonds is 1. The fourth-order valence-electron chi connectivity index (χ4n) is 3.40.